The van der Waals surface area contributed by atoms with E-state index in [9.17, 15) is 18.0 Å². The molecule has 28 heavy (non-hydrogen) atoms. The van der Waals surface area contributed by atoms with Crippen LogP contribution in [0.4, 0.5) is 13.2 Å². The number of allylic oxidation sites excluding steroid dienone is 3. The number of nitrogens with one attached hydrogen (secondary N) is 1. The maximum atomic E-state index is 13.4. The van der Waals surface area contributed by atoms with Crippen LogP contribution in [0.2, 0.25) is 0 Å². The van der Waals surface area contributed by atoms with Gasteiger partial charge < -0.3 is 10.2 Å². The Morgan fingerprint density at radius 1 is 1.39 bits per heavy atom. The molecule has 0 aromatic heterocycles. The first kappa shape index (κ1) is 20.0. The molecule has 0 bridgehead atoms. The Kier molecular flexibility index (Phi) is 5.75. The van der Waals surface area contributed by atoms with Gasteiger partial charge in [-0.2, -0.15) is 13.2 Å². The molecular formula is C21H22F3N3O. The van der Waals surface area contributed by atoms with E-state index in [0.717, 1.165) is 5.57 Å². The minimum absolute atomic E-state index is 0.0683. The third-order valence-corrected chi connectivity index (χ3v) is 5.11. The molecule has 4 nitrogen and oxygen atoms in total. The van der Waals surface area contributed by atoms with E-state index in [1.165, 1.54) is 18.5 Å². The predicted molar refractivity (Wildman–Crippen MR) is 103 cm³/mol. The van der Waals surface area contributed by atoms with E-state index >= 15 is 0 Å². The van der Waals surface area contributed by atoms with Crippen LogP contribution in [-0.2, 0) is 4.79 Å². The number of fused-ring (bicyclic) bond motifs is 1. The molecule has 1 atom stereocenters. The molecule has 0 saturated carbocycles. The second-order valence-corrected chi connectivity index (χ2v) is 6.86. The fourth-order valence-electron chi connectivity index (χ4n) is 3.69. The number of hydrogen-bond acceptors (Lipinski definition) is 4. The Balaban J connectivity index is 1.95. The van der Waals surface area contributed by atoms with Gasteiger partial charge in [0, 0.05) is 36.2 Å². The van der Waals surface area contributed by atoms with Crippen molar-refractivity contribution in [3.8, 4) is 0 Å². The molecule has 2 aliphatic heterocycles. The van der Waals surface area contributed by atoms with Gasteiger partial charge in [0.05, 0.1) is 12.4 Å². The van der Waals surface area contributed by atoms with Crippen molar-refractivity contribution in [1.29, 1.82) is 0 Å². The summed E-state index contributed by atoms with van der Waals surface area (Å²) in [7, 11) is 0. The standard InChI is InChI=1S/C21H22F3N3O/c1-3-14-11-16(21(22,23)24)12-17-19(14)25-13-26-20(17)27-9-5-7-15(8-6-10-27)18(28)4-2/h4,7,12-13,19H,1-2,5-6,8-11H2,(H,25,26)/b15-7-. The molecule has 0 saturated heterocycles. The number of hydrogen-bond donors (Lipinski definition) is 1. The van der Waals surface area contributed by atoms with E-state index in [1.54, 1.807) is 0 Å². The van der Waals surface area contributed by atoms with Crippen molar-refractivity contribution in [2.24, 2.45) is 4.99 Å². The van der Waals surface area contributed by atoms with Gasteiger partial charge in [-0.25, -0.2) is 4.99 Å². The SMILES string of the molecule is C=C=C1CC(C(F)(F)F)=CC2=C(N3CC/C=C(\C(=O)C=C)CCC3)N=CNC12. The van der Waals surface area contributed by atoms with Crippen LogP contribution in [-0.4, -0.2) is 42.3 Å². The number of nitrogens with zero attached hydrogens (tertiary/aromatic N) is 2. The molecule has 0 aromatic rings. The Labute approximate surface area is 162 Å². The number of aliphatic imine (C=N–C) groups is 1. The topological polar surface area (TPSA) is 44.7 Å². The third kappa shape index (κ3) is 4.04. The van der Waals surface area contributed by atoms with Crippen LogP contribution in [0, 0.1) is 0 Å². The third-order valence-electron chi connectivity index (χ3n) is 5.11. The second kappa shape index (κ2) is 8.07. The van der Waals surface area contributed by atoms with Gasteiger partial charge in [0.25, 0.3) is 0 Å². The zero-order chi connectivity index (χ0) is 20.3. The quantitative estimate of drug-likeness (QED) is 0.587. The summed E-state index contributed by atoms with van der Waals surface area (Å²) >= 11 is 0. The Morgan fingerprint density at radius 2 is 2.18 bits per heavy atom. The van der Waals surface area contributed by atoms with Gasteiger partial charge in [0.2, 0.25) is 0 Å². The maximum Gasteiger partial charge on any atom is 0.413 e. The molecule has 3 rings (SSSR count). The first-order valence-electron chi connectivity index (χ1n) is 9.15. The molecule has 2 heterocycles. The Morgan fingerprint density at radius 3 is 2.86 bits per heavy atom. The lowest BCUT2D eigenvalue weighted by atomic mass is 9.85. The summed E-state index contributed by atoms with van der Waals surface area (Å²) in [6.45, 7) is 8.26. The molecule has 1 aliphatic carbocycles. The molecule has 0 radical (unpaired) electrons. The lowest BCUT2D eigenvalue weighted by Crippen LogP contribution is -2.41. The van der Waals surface area contributed by atoms with E-state index in [-0.39, 0.29) is 12.2 Å². The normalized spacial score (nSPS) is 24.8. The number of carbonyl (C=O) groups excluding carboxylic acids is 1. The Bertz CT molecular complexity index is 855. The zero-order valence-electron chi connectivity index (χ0n) is 15.5. The van der Waals surface area contributed by atoms with Crippen molar-refractivity contribution in [3.05, 3.63) is 65.2 Å². The summed E-state index contributed by atoms with van der Waals surface area (Å²) in [5, 5.41) is 3.03. The number of halogens is 3. The first-order chi connectivity index (χ1) is 13.3. The molecule has 7 heteroatoms. The number of ketones is 1. The molecule has 1 N–H and O–H groups in total. The number of alkyl halides is 3. The largest absolute Gasteiger partial charge is 0.413 e. The predicted octanol–water partition coefficient (Wildman–Crippen LogP) is 3.97. The van der Waals surface area contributed by atoms with Crippen LogP contribution in [0.25, 0.3) is 0 Å². The summed E-state index contributed by atoms with van der Waals surface area (Å²) < 4.78 is 40.1. The van der Waals surface area contributed by atoms with E-state index in [0.29, 0.717) is 49.3 Å². The zero-order valence-corrected chi connectivity index (χ0v) is 15.5. The van der Waals surface area contributed by atoms with Crippen molar-refractivity contribution >= 4 is 12.1 Å². The summed E-state index contributed by atoms with van der Waals surface area (Å²) in [5.74, 6) is 0.464. The van der Waals surface area contributed by atoms with Crippen LogP contribution in [0.15, 0.2) is 70.2 Å². The molecule has 0 aromatic carbocycles. The molecule has 1 unspecified atom stereocenters. The number of carbonyl (C=O) groups is 1. The van der Waals surface area contributed by atoms with Gasteiger partial charge in [-0.1, -0.05) is 19.2 Å². The summed E-state index contributed by atoms with van der Waals surface area (Å²) in [6.07, 6.45) is 3.20. The highest BCUT2D eigenvalue weighted by Gasteiger charge is 2.40. The van der Waals surface area contributed by atoms with Crippen molar-refractivity contribution in [1.82, 2.24) is 10.2 Å². The van der Waals surface area contributed by atoms with Gasteiger partial charge in [0.15, 0.2) is 5.78 Å². The van der Waals surface area contributed by atoms with E-state index in [2.05, 4.69) is 29.2 Å². The van der Waals surface area contributed by atoms with E-state index in [1.807, 2.05) is 11.0 Å². The first-order valence-corrected chi connectivity index (χ1v) is 9.15. The molecule has 0 amide bonds. The van der Waals surface area contributed by atoms with Gasteiger partial charge in [-0.15, -0.1) is 5.73 Å². The fourth-order valence-corrected chi connectivity index (χ4v) is 3.69. The average molecular weight is 389 g/mol. The molecule has 0 spiro atoms. The van der Waals surface area contributed by atoms with Crippen molar-refractivity contribution < 1.29 is 18.0 Å². The summed E-state index contributed by atoms with van der Waals surface area (Å²) in [5.41, 5.74) is 3.74. The highest BCUT2D eigenvalue weighted by molar-refractivity contribution is 6.03. The van der Waals surface area contributed by atoms with Gasteiger partial charge in [-0.05, 0) is 37.0 Å². The van der Waals surface area contributed by atoms with Gasteiger partial charge in [-0.3, -0.25) is 4.79 Å². The Hall–Kier alpha value is -2.79. The molecule has 148 valence electrons. The van der Waals surface area contributed by atoms with Crippen LogP contribution >= 0.6 is 0 Å². The summed E-state index contributed by atoms with van der Waals surface area (Å²) in [4.78, 5) is 18.2. The number of rotatable bonds is 3. The van der Waals surface area contributed by atoms with Crippen molar-refractivity contribution in [2.45, 2.75) is 37.9 Å². The smallest absolute Gasteiger partial charge is 0.365 e. The minimum atomic E-state index is -4.41. The molecular weight excluding hydrogens is 367 g/mol. The van der Waals surface area contributed by atoms with Crippen molar-refractivity contribution in [3.63, 3.8) is 0 Å². The van der Waals surface area contributed by atoms with E-state index < -0.39 is 17.8 Å². The van der Waals surface area contributed by atoms with Gasteiger partial charge >= 0.3 is 6.18 Å². The monoisotopic (exact) mass is 389 g/mol. The highest BCUT2D eigenvalue weighted by Crippen LogP contribution is 2.39. The fraction of sp³-hybridized carbons (Fsp3) is 0.381. The average Bonchev–Trinajstić information content (AvgIpc) is 2.65. The van der Waals surface area contributed by atoms with Crippen LogP contribution in [0.5, 0.6) is 0 Å². The van der Waals surface area contributed by atoms with Crippen LogP contribution in [0.3, 0.4) is 0 Å². The van der Waals surface area contributed by atoms with E-state index in [4.69, 9.17) is 0 Å². The highest BCUT2D eigenvalue weighted by atomic mass is 19.4. The lowest BCUT2D eigenvalue weighted by Gasteiger charge is -2.35. The maximum absolute atomic E-state index is 13.4. The summed E-state index contributed by atoms with van der Waals surface area (Å²) in [6, 6.07) is -0.407. The van der Waals surface area contributed by atoms with Gasteiger partial charge in [0.1, 0.15) is 5.82 Å². The van der Waals surface area contributed by atoms with Crippen LogP contribution in [0.1, 0.15) is 25.7 Å². The molecule has 3 aliphatic rings. The van der Waals surface area contributed by atoms with Crippen LogP contribution < -0.4 is 5.32 Å². The second-order valence-electron chi connectivity index (χ2n) is 6.86. The molecule has 0 fully saturated rings. The lowest BCUT2D eigenvalue weighted by molar-refractivity contribution is -0.111. The van der Waals surface area contributed by atoms with Crippen molar-refractivity contribution in [2.75, 3.05) is 13.1 Å². The minimum Gasteiger partial charge on any atom is -0.365 e.